The summed E-state index contributed by atoms with van der Waals surface area (Å²) in [4.78, 5) is 11.3. The van der Waals surface area contributed by atoms with E-state index in [1.807, 2.05) is 13.8 Å². The first-order chi connectivity index (χ1) is 12.4. The van der Waals surface area contributed by atoms with E-state index in [-0.39, 0.29) is 12.1 Å². The summed E-state index contributed by atoms with van der Waals surface area (Å²) >= 11 is 0. The number of halogens is 2. The first-order valence-corrected chi connectivity index (χ1v) is 8.61. The van der Waals surface area contributed by atoms with Gasteiger partial charge in [0.1, 0.15) is 17.4 Å². The minimum absolute atomic E-state index is 0.115. The van der Waals surface area contributed by atoms with Gasteiger partial charge in [0, 0.05) is 23.7 Å². The molecule has 0 unspecified atom stereocenters. The van der Waals surface area contributed by atoms with Crippen molar-refractivity contribution >= 4 is 5.91 Å². The van der Waals surface area contributed by atoms with Crippen molar-refractivity contribution in [2.24, 2.45) is 5.73 Å². The number of nitrogens with two attached hydrogens (primary N) is 1. The van der Waals surface area contributed by atoms with Gasteiger partial charge in [-0.15, -0.1) is 0 Å². The summed E-state index contributed by atoms with van der Waals surface area (Å²) in [7, 11) is 0. The van der Waals surface area contributed by atoms with Gasteiger partial charge < -0.3 is 15.8 Å². The third kappa shape index (κ3) is 5.52. The monoisotopic (exact) mass is 362 g/mol. The van der Waals surface area contributed by atoms with Gasteiger partial charge in [0.25, 0.3) is 5.91 Å². The van der Waals surface area contributed by atoms with Crippen LogP contribution in [0.5, 0.6) is 5.75 Å². The quantitative estimate of drug-likeness (QED) is 0.664. The number of hydrogen-bond acceptors (Lipinski definition) is 3. The van der Waals surface area contributed by atoms with Gasteiger partial charge in [-0.2, -0.15) is 0 Å². The van der Waals surface area contributed by atoms with Crippen LogP contribution >= 0.6 is 0 Å². The summed E-state index contributed by atoms with van der Waals surface area (Å²) in [5.74, 6) is -1.18. The zero-order valence-corrected chi connectivity index (χ0v) is 15.0. The molecule has 26 heavy (non-hydrogen) atoms. The second kappa shape index (κ2) is 9.29. The van der Waals surface area contributed by atoms with Crippen LogP contribution in [-0.2, 0) is 0 Å². The Morgan fingerprint density at radius 2 is 1.92 bits per heavy atom. The van der Waals surface area contributed by atoms with Crippen LogP contribution in [-0.4, -0.2) is 18.6 Å². The molecule has 0 bridgehead atoms. The number of hydrogen-bond donors (Lipinski definition) is 2. The third-order valence-corrected chi connectivity index (χ3v) is 4.16. The van der Waals surface area contributed by atoms with Gasteiger partial charge in [-0.25, -0.2) is 8.78 Å². The van der Waals surface area contributed by atoms with Gasteiger partial charge in [-0.1, -0.05) is 18.2 Å². The van der Waals surface area contributed by atoms with Crippen LogP contribution in [0.4, 0.5) is 8.78 Å². The maximum atomic E-state index is 13.8. The van der Waals surface area contributed by atoms with E-state index in [2.05, 4.69) is 5.32 Å². The van der Waals surface area contributed by atoms with Crippen LogP contribution < -0.4 is 15.8 Å². The van der Waals surface area contributed by atoms with Crippen molar-refractivity contribution in [1.82, 2.24) is 5.32 Å². The standard InChI is InChI=1S/C20H24F2N2O2/c1-13(24-14(2)16-10-9-15(21)12-18(16)22)6-5-11-26-19-8-4-3-7-17(19)20(23)25/h3-4,7-10,12-14,24H,5-6,11H2,1-2H3,(H2,23,25)/t13-,14+/m0/s1. The lowest BCUT2D eigenvalue weighted by atomic mass is 10.1. The lowest BCUT2D eigenvalue weighted by Crippen LogP contribution is -2.29. The molecule has 3 N–H and O–H groups in total. The first-order valence-electron chi connectivity index (χ1n) is 8.61. The maximum Gasteiger partial charge on any atom is 0.252 e. The smallest absolute Gasteiger partial charge is 0.252 e. The maximum absolute atomic E-state index is 13.8. The number of primary amides is 1. The Hall–Kier alpha value is -2.47. The van der Waals surface area contributed by atoms with Crippen LogP contribution in [0, 0.1) is 11.6 Å². The van der Waals surface area contributed by atoms with Gasteiger partial charge in [0.05, 0.1) is 12.2 Å². The van der Waals surface area contributed by atoms with Crippen LogP contribution in [0.1, 0.15) is 48.7 Å². The molecule has 0 aliphatic heterocycles. The number of para-hydroxylation sites is 1. The third-order valence-electron chi connectivity index (χ3n) is 4.16. The number of amides is 1. The Labute approximate surface area is 152 Å². The fraction of sp³-hybridized carbons (Fsp3) is 0.350. The molecule has 4 nitrogen and oxygen atoms in total. The SMILES string of the molecule is C[C@@H](CCCOc1ccccc1C(N)=O)N[C@H](C)c1ccc(F)cc1F. The number of benzene rings is 2. The molecule has 0 heterocycles. The van der Waals surface area contributed by atoms with Crippen molar-refractivity contribution in [2.45, 2.75) is 38.8 Å². The number of rotatable bonds is 9. The predicted molar refractivity (Wildman–Crippen MR) is 97.1 cm³/mol. The van der Waals surface area contributed by atoms with Gasteiger partial charge in [-0.3, -0.25) is 4.79 Å². The summed E-state index contributed by atoms with van der Waals surface area (Å²) in [6.45, 7) is 4.28. The van der Waals surface area contributed by atoms with Crippen LogP contribution in [0.3, 0.4) is 0 Å². The fourth-order valence-electron chi connectivity index (χ4n) is 2.82. The minimum Gasteiger partial charge on any atom is -0.493 e. The lowest BCUT2D eigenvalue weighted by molar-refractivity contribution is 0.0996. The van der Waals surface area contributed by atoms with Gasteiger partial charge >= 0.3 is 0 Å². The van der Waals surface area contributed by atoms with Crippen molar-refractivity contribution in [2.75, 3.05) is 6.61 Å². The Balaban J connectivity index is 1.79. The van der Waals surface area contributed by atoms with E-state index in [0.717, 1.165) is 18.9 Å². The van der Waals surface area contributed by atoms with Gasteiger partial charge in [-0.05, 0) is 44.9 Å². The normalized spacial score (nSPS) is 13.2. The minimum atomic E-state index is -0.583. The zero-order chi connectivity index (χ0) is 19.1. The Kier molecular flexibility index (Phi) is 7.09. The molecule has 0 aliphatic carbocycles. The molecule has 2 aromatic rings. The highest BCUT2D eigenvalue weighted by molar-refractivity contribution is 5.95. The Morgan fingerprint density at radius 1 is 1.19 bits per heavy atom. The van der Waals surface area contributed by atoms with E-state index in [1.165, 1.54) is 12.1 Å². The summed E-state index contributed by atoms with van der Waals surface area (Å²) in [6, 6.07) is 10.3. The molecule has 0 spiro atoms. The number of carbonyl (C=O) groups excluding carboxylic acids is 1. The van der Waals surface area contributed by atoms with Gasteiger partial charge in [0.15, 0.2) is 0 Å². The molecule has 2 atom stereocenters. The summed E-state index contributed by atoms with van der Waals surface area (Å²) < 4.78 is 32.4. The highest BCUT2D eigenvalue weighted by Gasteiger charge is 2.14. The molecule has 0 aromatic heterocycles. The molecule has 0 saturated heterocycles. The highest BCUT2D eigenvalue weighted by atomic mass is 19.1. The second-order valence-corrected chi connectivity index (χ2v) is 6.31. The molecular formula is C20H24F2N2O2. The van der Waals surface area contributed by atoms with Crippen molar-refractivity contribution in [3.05, 3.63) is 65.2 Å². The van der Waals surface area contributed by atoms with Crippen molar-refractivity contribution in [1.29, 1.82) is 0 Å². The molecule has 6 heteroatoms. The predicted octanol–water partition coefficient (Wildman–Crippen LogP) is 3.96. The van der Waals surface area contributed by atoms with E-state index >= 15 is 0 Å². The molecule has 0 saturated carbocycles. The van der Waals surface area contributed by atoms with E-state index in [1.54, 1.807) is 24.3 Å². The van der Waals surface area contributed by atoms with Crippen molar-refractivity contribution in [3.63, 3.8) is 0 Å². The average Bonchev–Trinajstić information content (AvgIpc) is 2.58. The van der Waals surface area contributed by atoms with E-state index in [9.17, 15) is 13.6 Å². The molecule has 140 valence electrons. The molecule has 0 aliphatic rings. The lowest BCUT2D eigenvalue weighted by Gasteiger charge is -2.21. The van der Waals surface area contributed by atoms with Crippen molar-refractivity contribution in [3.8, 4) is 5.75 Å². The van der Waals surface area contributed by atoms with Crippen LogP contribution in [0.25, 0.3) is 0 Å². The molecule has 0 radical (unpaired) electrons. The Morgan fingerprint density at radius 3 is 2.62 bits per heavy atom. The van der Waals surface area contributed by atoms with E-state index < -0.39 is 17.5 Å². The Bertz CT molecular complexity index is 752. The van der Waals surface area contributed by atoms with E-state index in [4.69, 9.17) is 10.5 Å². The van der Waals surface area contributed by atoms with E-state index in [0.29, 0.717) is 23.5 Å². The van der Waals surface area contributed by atoms with Crippen LogP contribution in [0.15, 0.2) is 42.5 Å². The summed E-state index contributed by atoms with van der Waals surface area (Å²) in [5, 5.41) is 3.29. The topological polar surface area (TPSA) is 64.3 Å². The fourth-order valence-corrected chi connectivity index (χ4v) is 2.82. The number of nitrogens with one attached hydrogen (secondary N) is 1. The van der Waals surface area contributed by atoms with Gasteiger partial charge in [0.2, 0.25) is 0 Å². The molecule has 2 aromatic carbocycles. The molecule has 2 rings (SSSR count). The molecule has 0 fully saturated rings. The van der Waals surface area contributed by atoms with Crippen LogP contribution in [0.2, 0.25) is 0 Å². The molecule has 1 amide bonds. The molecular weight excluding hydrogens is 338 g/mol. The average molecular weight is 362 g/mol. The zero-order valence-electron chi connectivity index (χ0n) is 15.0. The van der Waals surface area contributed by atoms with Crippen molar-refractivity contribution < 1.29 is 18.3 Å². The number of carbonyl (C=O) groups is 1. The largest absolute Gasteiger partial charge is 0.493 e. The summed E-state index contributed by atoms with van der Waals surface area (Å²) in [5.41, 5.74) is 6.11. The second-order valence-electron chi connectivity index (χ2n) is 6.31. The highest BCUT2D eigenvalue weighted by Crippen LogP contribution is 2.20. The first kappa shape index (κ1) is 19.8. The number of ether oxygens (including phenoxy) is 1. The summed E-state index contributed by atoms with van der Waals surface area (Å²) in [6.07, 6.45) is 1.55.